The number of nitrogens with two attached hydrogens (primary N) is 1. The number of nitrogens with one attached hydrogen (secondary N) is 1. The van der Waals surface area contributed by atoms with Gasteiger partial charge in [-0.3, -0.25) is 29.8 Å². The van der Waals surface area contributed by atoms with Crippen molar-refractivity contribution in [1.82, 2.24) is 0 Å². The number of thiol groups is 1. The molecule has 35 heavy (non-hydrogen) atoms. The summed E-state index contributed by atoms with van der Waals surface area (Å²) in [7, 11) is 0. The monoisotopic (exact) mass is 511 g/mol. The molecule has 0 spiro atoms. The van der Waals surface area contributed by atoms with E-state index >= 15 is 0 Å². The van der Waals surface area contributed by atoms with Gasteiger partial charge in [0.15, 0.2) is 0 Å². The van der Waals surface area contributed by atoms with Gasteiger partial charge in [0.2, 0.25) is 0 Å². The van der Waals surface area contributed by atoms with Gasteiger partial charge in [0.25, 0.3) is 0 Å². The fourth-order valence-electron chi connectivity index (χ4n) is 2.47. The van der Waals surface area contributed by atoms with Crippen molar-refractivity contribution in [3.05, 3.63) is 63.7 Å². The molecule has 0 aliphatic rings. The van der Waals surface area contributed by atoms with Crippen LogP contribution in [0, 0.1) is 10.1 Å². The Kier molecular flexibility index (Phi) is 14.7. The van der Waals surface area contributed by atoms with Crippen molar-refractivity contribution >= 4 is 36.2 Å². The molecule has 2 atom stereocenters. The molecule has 0 amide bonds. The second-order valence-electron chi connectivity index (χ2n) is 7.75. The highest BCUT2D eigenvalue weighted by atomic mass is 32.1. The van der Waals surface area contributed by atoms with Crippen LogP contribution in [0.2, 0.25) is 0 Å². The highest BCUT2D eigenvalue weighted by molar-refractivity contribution is 7.80. The first-order valence-electron chi connectivity index (χ1n) is 10.6. The number of hydrogen-bond acceptors (Lipinski definition) is 9. The van der Waals surface area contributed by atoms with E-state index in [0.29, 0.717) is 17.7 Å². The van der Waals surface area contributed by atoms with Crippen molar-refractivity contribution in [3.8, 4) is 0 Å². The summed E-state index contributed by atoms with van der Waals surface area (Å²) in [5, 5.41) is 30.5. The van der Waals surface area contributed by atoms with E-state index in [1.807, 2.05) is 19.9 Å². The Labute approximate surface area is 209 Å². The van der Waals surface area contributed by atoms with Crippen molar-refractivity contribution in [2.45, 2.75) is 58.3 Å². The molecule has 0 bridgehead atoms. The molecule has 5 N–H and O–H groups in total. The molecule has 0 fully saturated rings. The first-order chi connectivity index (χ1) is 16.3. The van der Waals surface area contributed by atoms with Gasteiger partial charge < -0.3 is 20.7 Å². The number of nitro groups is 1. The predicted octanol–water partition coefficient (Wildman–Crippen LogP) is 3.46. The summed E-state index contributed by atoms with van der Waals surface area (Å²) in [5.41, 5.74) is 7.94. The summed E-state index contributed by atoms with van der Waals surface area (Å²) >= 11 is 3.95. The number of esters is 1. The largest absolute Gasteiger partial charge is 0.481 e. The molecule has 0 aliphatic heterocycles. The van der Waals surface area contributed by atoms with E-state index in [0.717, 1.165) is 12.0 Å². The second kappa shape index (κ2) is 16.3. The Morgan fingerprint density at radius 1 is 1.14 bits per heavy atom. The van der Waals surface area contributed by atoms with Gasteiger partial charge in [-0.05, 0) is 45.7 Å². The van der Waals surface area contributed by atoms with Crippen molar-refractivity contribution in [2.75, 3.05) is 11.1 Å². The normalized spacial score (nSPS) is 13.2. The highest BCUT2D eigenvalue weighted by Crippen LogP contribution is 2.23. The van der Waals surface area contributed by atoms with E-state index in [9.17, 15) is 24.5 Å². The molecule has 12 heteroatoms. The maximum atomic E-state index is 12.2. The molecular formula is C23H33N3O8S. The van der Waals surface area contributed by atoms with Gasteiger partial charge in [-0.2, -0.15) is 12.6 Å². The van der Waals surface area contributed by atoms with E-state index in [1.165, 1.54) is 6.08 Å². The lowest BCUT2D eigenvalue weighted by Gasteiger charge is -2.25. The molecule has 1 rings (SSSR count). The zero-order chi connectivity index (χ0) is 27.0. The molecule has 0 heterocycles. The Balaban J connectivity index is 0.00000124. The van der Waals surface area contributed by atoms with Crippen LogP contribution in [0.1, 0.15) is 46.5 Å². The number of rotatable bonds is 13. The predicted molar refractivity (Wildman–Crippen MR) is 135 cm³/mol. The van der Waals surface area contributed by atoms with Gasteiger partial charge in [-0.25, -0.2) is 0 Å². The van der Waals surface area contributed by atoms with E-state index in [4.69, 9.17) is 20.7 Å². The second-order valence-corrected chi connectivity index (χ2v) is 8.12. The van der Waals surface area contributed by atoms with E-state index < -0.39 is 34.7 Å². The summed E-state index contributed by atoms with van der Waals surface area (Å²) < 4.78 is 5.24. The van der Waals surface area contributed by atoms with Crippen LogP contribution in [0.4, 0.5) is 5.69 Å². The molecule has 194 valence electrons. The smallest absolute Gasteiger partial charge is 0.471 e. The summed E-state index contributed by atoms with van der Waals surface area (Å²) in [6.45, 7) is 5.73. The molecular weight excluding hydrogens is 478 g/mol. The summed E-state index contributed by atoms with van der Waals surface area (Å²) in [5.74, 6) is -5.30. The molecule has 0 radical (unpaired) electrons. The van der Waals surface area contributed by atoms with E-state index in [2.05, 4.69) is 17.9 Å². The number of carbonyl (C=O) groups is 3. The first kappa shape index (κ1) is 31.6. The standard InChI is InChI=1S/C19H27N3O4S.C4H6O4/c1-14(2)8-7-9-15(3)12-19(22(24)25,26-18(23)17(20)13-27)21-16-10-5-4-6-11-16;5-3(6)1-2-4(7)8/h4-6,8,10-12,17,21,27H,7,9,13,20H2,1-3H3;1-2H2,(H,5,6)(H,7,8)/b15-12+;/t17-,19?;/m0./s1. The topological polar surface area (TPSA) is 182 Å². The van der Waals surface area contributed by atoms with Gasteiger partial charge in [0.05, 0.1) is 23.8 Å². The lowest BCUT2D eigenvalue weighted by molar-refractivity contribution is -0.596. The average molecular weight is 512 g/mol. The van der Waals surface area contributed by atoms with Gasteiger partial charge >= 0.3 is 23.8 Å². The molecule has 1 aromatic carbocycles. The van der Waals surface area contributed by atoms with Crippen molar-refractivity contribution < 1.29 is 34.3 Å². The van der Waals surface area contributed by atoms with Crippen LogP contribution >= 0.6 is 12.6 Å². The number of nitrogens with zero attached hydrogens (tertiary/aromatic N) is 1. The number of benzene rings is 1. The summed E-state index contributed by atoms with van der Waals surface area (Å²) in [6.07, 6.45) is 4.09. The van der Waals surface area contributed by atoms with Gasteiger partial charge in [0, 0.05) is 11.4 Å². The Bertz CT molecular complexity index is 903. The van der Waals surface area contributed by atoms with Crippen LogP contribution in [0.5, 0.6) is 0 Å². The molecule has 0 aromatic heterocycles. The first-order valence-corrected chi connectivity index (χ1v) is 11.3. The third kappa shape index (κ3) is 13.8. The maximum Gasteiger partial charge on any atom is 0.471 e. The third-order valence-corrected chi connectivity index (χ3v) is 4.60. The number of anilines is 1. The minimum Gasteiger partial charge on any atom is -0.481 e. The van der Waals surface area contributed by atoms with Crippen molar-refractivity contribution in [2.24, 2.45) is 5.73 Å². The lowest BCUT2D eigenvalue weighted by atomic mass is 10.1. The number of carboxylic acids is 2. The van der Waals surface area contributed by atoms with Gasteiger partial charge in [-0.1, -0.05) is 35.4 Å². The molecule has 11 nitrogen and oxygen atoms in total. The number of hydrogen-bond donors (Lipinski definition) is 5. The fourth-order valence-corrected chi connectivity index (χ4v) is 2.62. The molecule has 0 saturated carbocycles. The minimum atomic E-state index is -2.26. The van der Waals surface area contributed by atoms with Crippen LogP contribution in [0.15, 0.2) is 53.6 Å². The maximum absolute atomic E-state index is 12.2. The lowest BCUT2D eigenvalue weighted by Crippen LogP contribution is -2.51. The number of para-hydroxylation sites is 1. The van der Waals surface area contributed by atoms with E-state index in [-0.39, 0.29) is 18.6 Å². The fraction of sp³-hybridized carbons (Fsp3) is 0.435. The average Bonchev–Trinajstić information content (AvgIpc) is 2.77. The molecule has 1 unspecified atom stereocenters. The number of carboxylic acid groups (broad SMARTS) is 2. The number of carbonyl (C=O) groups excluding carboxylic acids is 1. The summed E-state index contributed by atoms with van der Waals surface area (Å²) in [4.78, 5) is 42.7. The molecule has 0 saturated heterocycles. The van der Waals surface area contributed by atoms with Gasteiger partial charge in [-0.15, -0.1) is 0 Å². The highest BCUT2D eigenvalue weighted by Gasteiger charge is 2.46. The minimum absolute atomic E-state index is 0.0151. The van der Waals surface area contributed by atoms with Crippen LogP contribution < -0.4 is 11.1 Å². The van der Waals surface area contributed by atoms with Crippen LogP contribution in [-0.4, -0.2) is 50.7 Å². The summed E-state index contributed by atoms with van der Waals surface area (Å²) in [6, 6.07) is 7.46. The molecule has 0 aliphatic carbocycles. The zero-order valence-corrected chi connectivity index (χ0v) is 20.9. The SMILES string of the molecule is CC(C)=CCC/C(C)=C/C(Nc1ccccc1)(OC(=O)[C@@H](N)CS)[N+](=O)[O-].O=C(O)CCC(=O)O. The number of allylic oxidation sites excluding steroid dienone is 3. The Morgan fingerprint density at radius 3 is 2.11 bits per heavy atom. The van der Waals surface area contributed by atoms with Gasteiger partial charge in [0.1, 0.15) is 6.04 Å². The number of aliphatic carboxylic acids is 2. The quantitative estimate of drug-likeness (QED) is 0.0656. The van der Waals surface area contributed by atoms with Crippen molar-refractivity contribution in [3.63, 3.8) is 0 Å². The number of ether oxygens (including phenoxy) is 1. The Hall–Kier alpha value is -3.38. The third-order valence-electron chi connectivity index (χ3n) is 4.21. The van der Waals surface area contributed by atoms with Crippen LogP contribution in [0.25, 0.3) is 0 Å². The molecule has 1 aromatic rings. The van der Waals surface area contributed by atoms with E-state index in [1.54, 1.807) is 37.3 Å². The van der Waals surface area contributed by atoms with Crippen molar-refractivity contribution in [1.29, 1.82) is 0 Å². The zero-order valence-electron chi connectivity index (χ0n) is 20.0. The van der Waals surface area contributed by atoms with Crippen LogP contribution in [-0.2, 0) is 19.1 Å². The Morgan fingerprint density at radius 2 is 1.69 bits per heavy atom. The van der Waals surface area contributed by atoms with Crippen LogP contribution in [0.3, 0.4) is 0 Å².